The number of aromatic hydroxyl groups is 1. The van der Waals surface area contributed by atoms with Gasteiger partial charge in [-0.15, -0.1) is 11.8 Å². The molecule has 2 aromatic heterocycles. The van der Waals surface area contributed by atoms with Crippen LogP contribution in [-0.4, -0.2) is 306 Å². The second-order valence-corrected chi connectivity index (χ2v) is 34.6. The number of carboxylic acid groups (broad SMARTS) is 1. The second kappa shape index (κ2) is 49.0. The average Bonchev–Trinajstić information content (AvgIpc) is 1.60. The number of nitrogens with zero attached hydrogens (tertiary/aromatic N) is 5. The third-order valence-electron chi connectivity index (χ3n) is 23.4. The van der Waals surface area contributed by atoms with Gasteiger partial charge < -0.3 is 120 Å². The quantitative estimate of drug-likeness (QED) is 0.0290. The van der Waals surface area contributed by atoms with E-state index in [0.717, 1.165) is 19.6 Å². The molecular formula is C88H122N20O22S. The number of carbonyl (C=O) groups is 19. The number of aromatic amines is 2. The van der Waals surface area contributed by atoms with Crippen LogP contribution >= 0.6 is 11.8 Å². The van der Waals surface area contributed by atoms with Crippen molar-refractivity contribution in [3.8, 4) is 5.75 Å². The van der Waals surface area contributed by atoms with E-state index in [9.17, 15) is 72.9 Å². The van der Waals surface area contributed by atoms with Crippen LogP contribution in [0.25, 0.3) is 21.8 Å². The van der Waals surface area contributed by atoms with Gasteiger partial charge in [-0.05, 0) is 105 Å². The molecule has 0 spiro atoms. The monoisotopic (exact) mass is 1840 g/mol. The largest absolute Gasteiger partial charge is 0.508 e. The molecule has 0 radical (unpaired) electrons. The van der Waals surface area contributed by atoms with Crippen molar-refractivity contribution in [3.05, 3.63) is 102 Å². The molecule has 0 bridgehead atoms. The average molecular weight is 1840 g/mol. The Bertz CT molecular complexity index is 4990. The maximum Gasteiger partial charge on any atom is 0.303 e. The lowest BCUT2D eigenvalue weighted by molar-refractivity contribution is -0.149. The number of phenols is 1. The summed E-state index contributed by atoms with van der Waals surface area (Å²) in [6, 6.07) is -2.97. The lowest BCUT2D eigenvalue weighted by Crippen LogP contribution is -2.62. The number of amides is 18. The molecule has 8 rings (SSSR count). The van der Waals surface area contributed by atoms with Gasteiger partial charge in [0.25, 0.3) is 0 Å². The van der Waals surface area contributed by atoms with Crippen LogP contribution in [0.4, 0.5) is 0 Å². The Morgan fingerprint density at radius 1 is 0.496 bits per heavy atom. The van der Waals surface area contributed by atoms with Crippen LogP contribution in [0.15, 0.2) is 85.2 Å². The normalized spacial score (nSPS) is 24.6. The fraction of sp³-hybridized carbons (Fsp3) is 0.534. The number of para-hydroxylation sites is 2. The second-order valence-electron chi connectivity index (χ2n) is 33.6. The number of unbranched alkanes of at least 4 members (excludes halogenated alkanes) is 2. The highest BCUT2D eigenvalue weighted by Gasteiger charge is 2.46. The van der Waals surface area contributed by atoms with Crippen molar-refractivity contribution in [2.45, 2.75) is 235 Å². The van der Waals surface area contributed by atoms with E-state index < -0.39 is 247 Å². The minimum absolute atomic E-state index is 0.0173. The smallest absolute Gasteiger partial charge is 0.303 e. The van der Waals surface area contributed by atoms with Gasteiger partial charge in [0.1, 0.15) is 90.3 Å². The van der Waals surface area contributed by atoms with E-state index in [2.05, 4.69) is 63.1 Å². The number of nitrogens with two attached hydrogens (primary N) is 3. The lowest BCUT2D eigenvalue weighted by Gasteiger charge is -2.36. The Labute approximate surface area is 760 Å². The number of hydrogen-bond acceptors (Lipinski definition) is 22. The Morgan fingerprint density at radius 2 is 0.962 bits per heavy atom. The molecule has 3 aromatic carbocycles. The first-order chi connectivity index (χ1) is 62.2. The highest BCUT2D eigenvalue weighted by molar-refractivity contribution is 8.00. The highest BCUT2D eigenvalue weighted by Crippen LogP contribution is 2.28. The van der Waals surface area contributed by atoms with Gasteiger partial charge in [-0.1, -0.05) is 102 Å². The number of hydrogen-bond donors (Lipinski definition) is 18. The SMILES string of the molecule is CCCC[C@H]1C(=O)N(C)[C@@H](CCCC)C(=O)N[C@@H](CCC(=O)O)C(=O)N[C@H](C(=O)NCC(N)=O)CSCC(=O)N[C@@H](Cc2ccc(O)cc2)C(=O)N(C)[C@@H](C)C(=O)N[C@H](CC(N)=O)C(=O)N2CCC[C@H]2C(=O)N[C@@H](CC(N)=O)C(=O)N[C@@H](CC(C)C)C(=O)N2CCC[C@H]2C(=O)N[C@@H](Cc2c[nH]c3ccccc23)C(=O)N[C@@H](CO)C(=O)N[C@@H](Cc2c[nH]c3ccccc23)C(=O)N1C. The Balaban J connectivity index is 1.19. The first-order valence-corrected chi connectivity index (χ1v) is 44.9. The van der Waals surface area contributed by atoms with Crippen molar-refractivity contribution in [3.63, 3.8) is 0 Å². The molecule has 14 atom stereocenters. The molecule has 131 heavy (non-hydrogen) atoms. The number of carboxylic acids is 1. The summed E-state index contributed by atoms with van der Waals surface area (Å²) in [5.74, 6) is -21.0. The number of carbonyl (C=O) groups excluding carboxylic acids is 18. The maximum atomic E-state index is 15.7. The number of primary amides is 3. The third-order valence-corrected chi connectivity index (χ3v) is 24.4. The molecule has 712 valence electrons. The van der Waals surface area contributed by atoms with Crippen molar-refractivity contribution in [2.75, 3.05) is 58.9 Å². The van der Waals surface area contributed by atoms with E-state index in [-0.39, 0.29) is 95.4 Å². The molecule has 21 N–H and O–H groups in total. The van der Waals surface area contributed by atoms with Crippen molar-refractivity contribution in [2.24, 2.45) is 23.1 Å². The van der Waals surface area contributed by atoms with Gasteiger partial charge in [-0.3, -0.25) is 91.1 Å². The van der Waals surface area contributed by atoms with Crippen molar-refractivity contribution < 1.29 is 106 Å². The fourth-order valence-corrected chi connectivity index (χ4v) is 17.0. The summed E-state index contributed by atoms with van der Waals surface area (Å²) >= 11 is 0.700. The van der Waals surface area contributed by atoms with Crippen LogP contribution in [0.1, 0.15) is 148 Å². The Morgan fingerprint density at radius 3 is 1.51 bits per heavy atom. The maximum absolute atomic E-state index is 15.7. The number of thioether (sulfide) groups is 1. The third kappa shape index (κ3) is 28.9. The minimum atomic E-state index is -1.88. The van der Waals surface area contributed by atoms with Gasteiger partial charge in [0, 0.05) is 99.9 Å². The van der Waals surface area contributed by atoms with Crippen LogP contribution in [0, 0.1) is 5.92 Å². The van der Waals surface area contributed by atoms with Gasteiger partial charge in [0.2, 0.25) is 106 Å². The summed E-state index contributed by atoms with van der Waals surface area (Å²) in [5, 5.41) is 58.2. The van der Waals surface area contributed by atoms with Gasteiger partial charge in [-0.25, -0.2) is 0 Å². The summed E-state index contributed by atoms with van der Waals surface area (Å²) in [6.45, 7) is 6.22. The van der Waals surface area contributed by atoms with Crippen molar-refractivity contribution in [1.82, 2.24) is 87.6 Å². The highest BCUT2D eigenvalue weighted by atomic mass is 32.2. The molecule has 0 unspecified atom stereocenters. The zero-order valence-corrected chi connectivity index (χ0v) is 75.5. The summed E-state index contributed by atoms with van der Waals surface area (Å²) < 4.78 is 0. The number of fused-ring (bicyclic) bond motifs is 4. The van der Waals surface area contributed by atoms with Crippen LogP contribution in [-0.2, 0) is 110 Å². The molecule has 3 aliphatic heterocycles. The van der Waals surface area contributed by atoms with Gasteiger partial charge in [0.05, 0.1) is 31.7 Å². The zero-order valence-electron chi connectivity index (χ0n) is 74.7. The predicted octanol–water partition coefficient (Wildman–Crippen LogP) is -2.39. The number of rotatable bonds is 25. The van der Waals surface area contributed by atoms with E-state index in [4.69, 9.17) is 17.2 Å². The first kappa shape index (κ1) is 103. The van der Waals surface area contributed by atoms with Gasteiger partial charge in [-0.2, -0.15) is 0 Å². The van der Waals surface area contributed by atoms with Crippen LogP contribution in [0.3, 0.4) is 0 Å². The molecule has 3 saturated heterocycles. The number of aliphatic hydroxyl groups is 1. The standard InChI is InChI=1S/C88H122N20O22S/c1-9-11-23-66-81(123)96-57(31-32-74(115)116)77(119)103-65(76(118)94-43-72(91)113)45-131-46-73(114)95-61(36-49-27-29-52(110)30-28-49)84(126)104(6)48(5)75(117)99-63(40-71(90)112)87(129)108-34-18-26-68(108)83(125)98-59(39-70(89)111)79(121)100-60(35-47(3)4)86(128)107-33-17-25-67(107)82(124)97-58(37-50-41-92-55-21-15-13-19-53(50)55)78(120)102-64(44-109)80(122)101-62(38-51-42-93-56-22-16-14-20-54(51)56)85(127)106(8)69(24-12-10-2)88(130)105(66)7/h13-16,19-22,27-30,41-42,47-48,57-69,92-93,109-110H,9-12,17-18,23-26,31-40,43-46H2,1-8H3,(H2,89,111)(H2,90,112)(H2,91,113)(H,94,118)(H,95,114)(H,96,123)(H,97,124)(H,98,125)(H,99,117)(H,100,121)(H,101,122)(H,102,120)(H,103,119)(H,115,116)/t48-,57-,58-,59-,60-,61-,62-,63+,64-,65-,66-,67-,68-,69-/m0/s1. The summed E-state index contributed by atoms with van der Waals surface area (Å²) in [4.78, 5) is 285. The number of phenolic OH excluding ortho intramolecular Hbond substituents is 1. The van der Waals surface area contributed by atoms with Crippen molar-refractivity contribution in [1.29, 1.82) is 0 Å². The van der Waals surface area contributed by atoms with E-state index in [1.54, 1.807) is 81.7 Å². The first-order valence-electron chi connectivity index (χ1n) is 43.8. The van der Waals surface area contributed by atoms with E-state index in [1.165, 1.54) is 57.2 Å². The molecule has 0 aliphatic carbocycles. The lowest BCUT2D eigenvalue weighted by atomic mass is 10.00. The summed E-state index contributed by atoms with van der Waals surface area (Å²) in [5.41, 5.74) is 19.4. The Kier molecular flexibility index (Phi) is 38.6. The number of likely N-dealkylation sites (N-methyl/N-ethyl adjacent to an activating group) is 3. The number of benzene rings is 3. The number of aromatic nitrogens is 2. The van der Waals surface area contributed by atoms with Gasteiger partial charge >= 0.3 is 5.97 Å². The molecular weight excluding hydrogens is 1720 g/mol. The molecule has 42 nitrogen and oxygen atoms in total. The topological polar surface area (TPSA) is 631 Å². The van der Waals surface area contributed by atoms with Gasteiger partial charge in [0.15, 0.2) is 0 Å². The zero-order chi connectivity index (χ0) is 96.2. The molecule has 3 fully saturated rings. The van der Waals surface area contributed by atoms with Crippen LogP contribution in [0.5, 0.6) is 5.75 Å². The van der Waals surface area contributed by atoms with Crippen LogP contribution < -0.4 is 70.4 Å². The van der Waals surface area contributed by atoms with E-state index >= 15 is 33.6 Å². The summed E-state index contributed by atoms with van der Waals surface area (Å²) in [7, 11) is 3.79. The fourth-order valence-electron chi connectivity index (χ4n) is 16.1. The number of H-pyrrole nitrogens is 2. The van der Waals surface area contributed by atoms with E-state index in [1.807, 2.05) is 6.92 Å². The molecule has 0 saturated carbocycles. The number of nitrogens with one attached hydrogen (secondary N) is 12. The molecule has 3 aliphatic rings. The number of aliphatic carboxylic acids is 1. The number of aliphatic hydroxyl groups excluding tert-OH is 1. The van der Waals surface area contributed by atoms with E-state index in [0.29, 0.717) is 69.5 Å². The molecule has 18 amide bonds. The molecule has 5 aromatic rings. The molecule has 43 heteroatoms. The minimum Gasteiger partial charge on any atom is -0.508 e. The van der Waals surface area contributed by atoms with Crippen LogP contribution in [0.2, 0.25) is 0 Å². The summed E-state index contributed by atoms with van der Waals surface area (Å²) in [6.07, 6.45) is 0.836. The Hall–Kier alpha value is -13.2. The molecule has 5 heterocycles. The predicted molar refractivity (Wildman–Crippen MR) is 478 cm³/mol. The van der Waals surface area contributed by atoms with Crippen molar-refractivity contribution >= 4 is 146 Å².